The van der Waals surface area contributed by atoms with Crippen molar-refractivity contribution in [2.75, 3.05) is 11.9 Å². The molecule has 0 atom stereocenters. The second-order valence-corrected chi connectivity index (χ2v) is 8.40. The van der Waals surface area contributed by atoms with E-state index in [0.717, 1.165) is 11.8 Å². The molecule has 0 unspecified atom stereocenters. The number of imide groups is 1. The maximum atomic E-state index is 12.0. The van der Waals surface area contributed by atoms with Gasteiger partial charge in [-0.3, -0.25) is 19.7 Å². The number of benzene rings is 2. The molecule has 150 valence electrons. The standard InChI is InChI=1S/C18H15N3O6S2/c19-29(25,26)14-7-3-12(4-8-14)20-16(22)10-27-13-5-1-11(2-6-13)9-15-17(23)21-18(24)28-15/h1-9H,10H2,(H,20,22)(H2,19,25,26)(H,21,23,24)/b15-9-. The first-order valence-corrected chi connectivity index (χ1v) is 10.5. The highest BCUT2D eigenvalue weighted by atomic mass is 32.2. The summed E-state index contributed by atoms with van der Waals surface area (Å²) in [6, 6.07) is 12.0. The largest absolute Gasteiger partial charge is 0.484 e. The number of thioether (sulfide) groups is 1. The van der Waals surface area contributed by atoms with Crippen molar-refractivity contribution in [1.29, 1.82) is 0 Å². The van der Waals surface area contributed by atoms with E-state index in [1.807, 2.05) is 0 Å². The molecule has 11 heteroatoms. The Kier molecular flexibility index (Phi) is 6.01. The zero-order valence-electron chi connectivity index (χ0n) is 14.7. The van der Waals surface area contributed by atoms with Crippen molar-refractivity contribution < 1.29 is 27.5 Å². The minimum Gasteiger partial charge on any atom is -0.484 e. The Bertz CT molecular complexity index is 1090. The number of amides is 3. The van der Waals surface area contributed by atoms with Crippen molar-refractivity contribution in [3.05, 3.63) is 59.0 Å². The summed E-state index contributed by atoms with van der Waals surface area (Å²) in [7, 11) is -3.79. The van der Waals surface area contributed by atoms with Crippen LogP contribution in [0.5, 0.6) is 5.75 Å². The first kappa shape index (κ1) is 20.6. The molecule has 1 heterocycles. The summed E-state index contributed by atoms with van der Waals surface area (Å²) in [6.07, 6.45) is 1.58. The lowest BCUT2D eigenvalue weighted by Crippen LogP contribution is -2.20. The maximum absolute atomic E-state index is 12.0. The molecule has 1 fully saturated rings. The molecule has 0 spiro atoms. The van der Waals surface area contributed by atoms with E-state index >= 15 is 0 Å². The predicted molar refractivity (Wildman–Crippen MR) is 107 cm³/mol. The number of hydrogen-bond donors (Lipinski definition) is 3. The number of hydrogen-bond acceptors (Lipinski definition) is 7. The second kappa shape index (κ2) is 8.47. The Morgan fingerprint density at radius 3 is 2.31 bits per heavy atom. The van der Waals surface area contributed by atoms with Crippen LogP contribution in [0.3, 0.4) is 0 Å². The molecule has 0 saturated carbocycles. The summed E-state index contributed by atoms with van der Waals surface area (Å²) in [5.74, 6) is -0.433. The van der Waals surface area contributed by atoms with Gasteiger partial charge in [0.15, 0.2) is 6.61 Å². The fourth-order valence-corrected chi connectivity index (χ4v) is 3.50. The number of ether oxygens (including phenoxy) is 1. The SMILES string of the molecule is NS(=O)(=O)c1ccc(NC(=O)COc2ccc(/C=C3\SC(=O)NC3=O)cc2)cc1. The molecular formula is C18H15N3O6S2. The number of nitrogens with two attached hydrogens (primary N) is 1. The van der Waals surface area contributed by atoms with Crippen LogP contribution in [0.15, 0.2) is 58.3 Å². The summed E-state index contributed by atoms with van der Waals surface area (Å²) in [4.78, 5) is 34.9. The molecule has 0 radical (unpaired) electrons. The smallest absolute Gasteiger partial charge is 0.290 e. The van der Waals surface area contributed by atoms with Gasteiger partial charge in [-0.2, -0.15) is 0 Å². The Balaban J connectivity index is 1.53. The van der Waals surface area contributed by atoms with Crippen molar-refractivity contribution >= 4 is 50.6 Å². The number of sulfonamides is 1. The first-order valence-electron chi connectivity index (χ1n) is 8.11. The van der Waals surface area contributed by atoms with Crippen LogP contribution in [0.1, 0.15) is 5.56 Å². The number of nitrogens with one attached hydrogen (secondary N) is 2. The highest BCUT2D eigenvalue weighted by molar-refractivity contribution is 8.18. The van der Waals surface area contributed by atoms with Gasteiger partial charge in [0.1, 0.15) is 5.75 Å². The summed E-state index contributed by atoms with van der Waals surface area (Å²) < 4.78 is 27.8. The molecule has 9 nitrogen and oxygen atoms in total. The van der Waals surface area contributed by atoms with Crippen LogP contribution in [0.25, 0.3) is 6.08 Å². The van der Waals surface area contributed by atoms with Crippen molar-refractivity contribution in [2.24, 2.45) is 5.14 Å². The summed E-state index contributed by atoms with van der Waals surface area (Å²) >= 11 is 0.827. The third kappa shape index (κ3) is 5.67. The number of carbonyl (C=O) groups excluding carboxylic acids is 3. The van der Waals surface area contributed by atoms with Gasteiger partial charge in [-0.15, -0.1) is 0 Å². The number of carbonyl (C=O) groups is 3. The normalized spacial score (nSPS) is 15.3. The highest BCUT2D eigenvalue weighted by Crippen LogP contribution is 2.26. The molecule has 4 N–H and O–H groups in total. The molecule has 2 aromatic carbocycles. The zero-order chi connectivity index (χ0) is 21.0. The predicted octanol–water partition coefficient (Wildman–Crippen LogP) is 1.68. The van der Waals surface area contributed by atoms with Gasteiger partial charge in [0.05, 0.1) is 9.80 Å². The van der Waals surface area contributed by atoms with E-state index in [2.05, 4.69) is 10.6 Å². The molecule has 0 aliphatic carbocycles. The van der Waals surface area contributed by atoms with Crippen LogP contribution in [-0.2, 0) is 19.6 Å². The fourth-order valence-electron chi connectivity index (χ4n) is 2.31. The number of rotatable bonds is 6. The molecule has 3 amide bonds. The second-order valence-electron chi connectivity index (χ2n) is 5.83. The van der Waals surface area contributed by atoms with Gasteiger partial charge in [-0.05, 0) is 59.8 Å². The summed E-state index contributed by atoms with van der Waals surface area (Å²) in [5.41, 5.74) is 1.10. The minimum atomic E-state index is -3.79. The minimum absolute atomic E-state index is 0.0559. The van der Waals surface area contributed by atoms with Gasteiger partial charge in [0.2, 0.25) is 10.0 Å². The van der Waals surface area contributed by atoms with E-state index in [1.54, 1.807) is 30.3 Å². The van der Waals surface area contributed by atoms with Crippen LogP contribution >= 0.6 is 11.8 Å². The van der Waals surface area contributed by atoms with E-state index in [0.29, 0.717) is 21.9 Å². The van der Waals surface area contributed by atoms with Gasteiger partial charge in [0.25, 0.3) is 17.1 Å². The monoisotopic (exact) mass is 433 g/mol. The van der Waals surface area contributed by atoms with Crippen LogP contribution in [0.2, 0.25) is 0 Å². The van der Waals surface area contributed by atoms with E-state index in [-0.39, 0.29) is 11.5 Å². The van der Waals surface area contributed by atoms with Crippen LogP contribution in [0, 0.1) is 0 Å². The molecule has 1 aliphatic rings. The summed E-state index contributed by atoms with van der Waals surface area (Å²) in [5, 5.41) is 9.35. The van der Waals surface area contributed by atoms with Gasteiger partial charge in [-0.1, -0.05) is 12.1 Å². The quantitative estimate of drug-likeness (QED) is 0.588. The molecular weight excluding hydrogens is 418 g/mol. The topological polar surface area (TPSA) is 145 Å². The lowest BCUT2D eigenvalue weighted by atomic mass is 10.2. The average Bonchev–Trinajstić information content (AvgIpc) is 2.98. The van der Waals surface area contributed by atoms with Crippen molar-refractivity contribution in [3.63, 3.8) is 0 Å². The van der Waals surface area contributed by atoms with Crippen LogP contribution in [0.4, 0.5) is 10.5 Å². The van der Waals surface area contributed by atoms with Gasteiger partial charge in [0, 0.05) is 5.69 Å². The highest BCUT2D eigenvalue weighted by Gasteiger charge is 2.24. The average molecular weight is 433 g/mol. The first-order chi connectivity index (χ1) is 13.7. The fraction of sp³-hybridized carbons (Fsp3) is 0.0556. The van der Waals surface area contributed by atoms with Gasteiger partial charge >= 0.3 is 0 Å². The van der Waals surface area contributed by atoms with E-state index in [9.17, 15) is 22.8 Å². The zero-order valence-corrected chi connectivity index (χ0v) is 16.4. The Hall–Kier alpha value is -3.15. The van der Waals surface area contributed by atoms with E-state index in [4.69, 9.17) is 9.88 Å². The molecule has 3 rings (SSSR count). The third-order valence-corrected chi connectivity index (χ3v) is 5.40. The molecule has 2 aromatic rings. The van der Waals surface area contributed by atoms with Crippen LogP contribution < -0.4 is 20.5 Å². The Labute approximate surface area is 170 Å². The van der Waals surface area contributed by atoms with Crippen molar-refractivity contribution in [1.82, 2.24) is 5.32 Å². The lowest BCUT2D eigenvalue weighted by molar-refractivity contribution is -0.118. The number of anilines is 1. The molecule has 1 saturated heterocycles. The molecule has 0 bridgehead atoms. The van der Waals surface area contributed by atoms with E-state index in [1.165, 1.54) is 24.3 Å². The molecule has 29 heavy (non-hydrogen) atoms. The third-order valence-electron chi connectivity index (χ3n) is 3.66. The summed E-state index contributed by atoms with van der Waals surface area (Å²) in [6.45, 7) is -0.260. The van der Waals surface area contributed by atoms with Gasteiger partial charge in [-0.25, -0.2) is 13.6 Å². The lowest BCUT2D eigenvalue weighted by Gasteiger charge is -2.08. The molecule has 0 aromatic heterocycles. The van der Waals surface area contributed by atoms with Crippen LogP contribution in [-0.4, -0.2) is 32.1 Å². The van der Waals surface area contributed by atoms with Crippen molar-refractivity contribution in [3.8, 4) is 5.75 Å². The Morgan fingerprint density at radius 2 is 1.76 bits per heavy atom. The van der Waals surface area contributed by atoms with Crippen molar-refractivity contribution in [2.45, 2.75) is 4.90 Å². The maximum Gasteiger partial charge on any atom is 0.290 e. The van der Waals surface area contributed by atoms with Gasteiger partial charge < -0.3 is 10.1 Å². The molecule has 1 aliphatic heterocycles. The van der Waals surface area contributed by atoms with E-state index < -0.39 is 27.1 Å². The Morgan fingerprint density at radius 1 is 1.10 bits per heavy atom. The number of primary sulfonamides is 1.